The van der Waals surface area contributed by atoms with Crippen molar-refractivity contribution in [3.8, 4) is 0 Å². The maximum Gasteiger partial charge on any atom is 0.433 e. The van der Waals surface area contributed by atoms with E-state index in [1.54, 1.807) is 0 Å². The molecule has 6 heteroatoms. The van der Waals surface area contributed by atoms with Crippen molar-refractivity contribution in [2.24, 2.45) is 0 Å². The van der Waals surface area contributed by atoms with Crippen molar-refractivity contribution >= 4 is 0 Å². The van der Waals surface area contributed by atoms with E-state index in [9.17, 15) is 13.2 Å². The van der Waals surface area contributed by atoms with Gasteiger partial charge in [0.05, 0.1) is 5.69 Å². The molecule has 1 aromatic carbocycles. The number of rotatable bonds is 2. The van der Waals surface area contributed by atoms with E-state index in [0.29, 0.717) is 18.7 Å². The van der Waals surface area contributed by atoms with Gasteiger partial charge in [-0.05, 0) is 5.56 Å². The van der Waals surface area contributed by atoms with Gasteiger partial charge in [-0.3, -0.25) is 0 Å². The monoisotopic (exact) mass is 279 g/mol. The van der Waals surface area contributed by atoms with E-state index in [1.807, 2.05) is 30.3 Å². The summed E-state index contributed by atoms with van der Waals surface area (Å²) >= 11 is 0. The lowest BCUT2D eigenvalue weighted by atomic mass is 10.1. The quantitative estimate of drug-likeness (QED) is 0.918. The maximum atomic E-state index is 13.0. The molecule has 0 radical (unpaired) electrons. The molecule has 0 unspecified atom stereocenters. The van der Waals surface area contributed by atoms with Crippen molar-refractivity contribution in [3.63, 3.8) is 0 Å². The Morgan fingerprint density at radius 1 is 1.05 bits per heavy atom. The molecular formula is C14H12F3N3. The number of hydrogen-bond acceptors (Lipinski definition) is 3. The summed E-state index contributed by atoms with van der Waals surface area (Å²) in [4.78, 5) is 7.98. The van der Waals surface area contributed by atoms with Crippen molar-refractivity contribution in [3.05, 3.63) is 58.7 Å². The van der Waals surface area contributed by atoms with E-state index in [0.717, 1.165) is 5.56 Å². The molecule has 0 bridgehead atoms. The molecule has 0 atom stereocenters. The molecule has 0 saturated carbocycles. The topological polar surface area (TPSA) is 37.8 Å². The third-order valence-electron chi connectivity index (χ3n) is 3.21. The zero-order valence-electron chi connectivity index (χ0n) is 10.5. The molecule has 2 aromatic rings. The van der Waals surface area contributed by atoms with Crippen LogP contribution in [0.2, 0.25) is 0 Å². The molecule has 0 spiro atoms. The predicted molar refractivity (Wildman–Crippen MR) is 66.8 cm³/mol. The standard InChI is InChI=1S/C14H12F3N3/c15-14(16,17)13-10-7-18-8-11(10)19-12(20-13)6-9-4-2-1-3-5-9/h1-5,18H,6-8H2. The molecule has 2 heterocycles. The second-order valence-electron chi connectivity index (χ2n) is 4.68. The Bertz CT molecular complexity index is 624. The first kappa shape index (κ1) is 13.1. The number of hydrogen-bond donors (Lipinski definition) is 1. The number of alkyl halides is 3. The first-order valence-corrected chi connectivity index (χ1v) is 6.24. The molecule has 0 fully saturated rings. The van der Waals surface area contributed by atoms with Crippen LogP contribution in [-0.4, -0.2) is 9.97 Å². The zero-order valence-corrected chi connectivity index (χ0v) is 10.5. The lowest BCUT2D eigenvalue weighted by Crippen LogP contribution is -2.16. The Morgan fingerprint density at radius 3 is 2.50 bits per heavy atom. The molecule has 3 nitrogen and oxygen atoms in total. The van der Waals surface area contributed by atoms with Gasteiger partial charge in [0.2, 0.25) is 0 Å². The Hall–Kier alpha value is -1.95. The van der Waals surface area contributed by atoms with Gasteiger partial charge >= 0.3 is 6.18 Å². The van der Waals surface area contributed by atoms with Gasteiger partial charge < -0.3 is 5.32 Å². The third-order valence-corrected chi connectivity index (χ3v) is 3.21. The summed E-state index contributed by atoms with van der Waals surface area (Å²) in [7, 11) is 0. The van der Waals surface area contributed by atoms with Crippen molar-refractivity contribution in [2.75, 3.05) is 0 Å². The molecule has 1 N–H and O–H groups in total. The van der Waals surface area contributed by atoms with Crippen LogP contribution in [0.1, 0.15) is 28.3 Å². The fourth-order valence-electron chi connectivity index (χ4n) is 2.31. The van der Waals surface area contributed by atoms with Gasteiger partial charge in [0.15, 0.2) is 5.69 Å². The van der Waals surface area contributed by atoms with Crippen LogP contribution in [0.15, 0.2) is 30.3 Å². The van der Waals surface area contributed by atoms with Gasteiger partial charge in [-0.25, -0.2) is 9.97 Å². The molecule has 1 aliphatic heterocycles. The van der Waals surface area contributed by atoms with E-state index >= 15 is 0 Å². The summed E-state index contributed by atoms with van der Waals surface area (Å²) in [6, 6.07) is 9.24. The number of fused-ring (bicyclic) bond motifs is 1. The number of aromatic nitrogens is 2. The summed E-state index contributed by atoms with van der Waals surface area (Å²) in [5.74, 6) is 0.214. The molecule has 0 saturated heterocycles. The first-order chi connectivity index (χ1) is 9.54. The molecule has 3 rings (SSSR count). The lowest BCUT2D eigenvalue weighted by Gasteiger charge is -2.12. The van der Waals surface area contributed by atoms with Gasteiger partial charge in [-0.1, -0.05) is 30.3 Å². The smallest absolute Gasteiger partial charge is 0.307 e. The fourth-order valence-corrected chi connectivity index (χ4v) is 2.31. The molecule has 1 aromatic heterocycles. The Balaban J connectivity index is 2.01. The highest BCUT2D eigenvalue weighted by Gasteiger charge is 2.38. The van der Waals surface area contributed by atoms with Crippen molar-refractivity contribution in [1.29, 1.82) is 0 Å². The van der Waals surface area contributed by atoms with Crippen LogP contribution in [0, 0.1) is 0 Å². The number of halogens is 3. The SMILES string of the molecule is FC(F)(F)c1nc(Cc2ccccc2)nc2c1CNC2. The summed E-state index contributed by atoms with van der Waals surface area (Å²) < 4.78 is 39.1. The van der Waals surface area contributed by atoms with Crippen LogP contribution >= 0.6 is 0 Å². The van der Waals surface area contributed by atoms with E-state index in [1.165, 1.54) is 0 Å². The number of nitrogens with zero attached hydrogens (tertiary/aromatic N) is 2. The summed E-state index contributed by atoms with van der Waals surface area (Å²) in [5, 5.41) is 2.89. The van der Waals surface area contributed by atoms with Crippen molar-refractivity contribution in [2.45, 2.75) is 25.7 Å². The Morgan fingerprint density at radius 2 is 1.80 bits per heavy atom. The lowest BCUT2D eigenvalue weighted by molar-refractivity contribution is -0.142. The van der Waals surface area contributed by atoms with Gasteiger partial charge in [-0.15, -0.1) is 0 Å². The van der Waals surface area contributed by atoms with E-state index in [4.69, 9.17) is 0 Å². The van der Waals surface area contributed by atoms with Gasteiger partial charge in [0.25, 0.3) is 0 Å². The average molecular weight is 279 g/mol. The first-order valence-electron chi connectivity index (χ1n) is 6.24. The normalized spacial score (nSPS) is 14.3. The van der Waals surface area contributed by atoms with E-state index in [-0.39, 0.29) is 17.9 Å². The average Bonchev–Trinajstić information content (AvgIpc) is 2.86. The third kappa shape index (κ3) is 2.51. The zero-order chi connectivity index (χ0) is 14.2. The fraction of sp³-hybridized carbons (Fsp3) is 0.286. The summed E-state index contributed by atoms with van der Waals surface area (Å²) in [6.45, 7) is 0.540. The highest BCUT2D eigenvalue weighted by molar-refractivity contribution is 5.32. The molecule has 0 amide bonds. The van der Waals surface area contributed by atoms with E-state index in [2.05, 4.69) is 15.3 Å². The van der Waals surface area contributed by atoms with Gasteiger partial charge in [0, 0.05) is 25.1 Å². The highest BCUT2D eigenvalue weighted by atomic mass is 19.4. The number of nitrogens with one attached hydrogen (secondary N) is 1. The highest BCUT2D eigenvalue weighted by Crippen LogP contribution is 2.33. The summed E-state index contributed by atoms with van der Waals surface area (Å²) in [6.07, 6.45) is -4.14. The predicted octanol–water partition coefficient (Wildman–Crippen LogP) is 2.69. The van der Waals surface area contributed by atoms with Crippen LogP contribution in [0.3, 0.4) is 0 Å². The van der Waals surface area contributed by atoms with Crippen molar-refractivity contribution < 1.29 is 13.2 Å². The van der Waals surface area contributed by atoms with Crippen LogP contribution in [0.25, 0.3) is 0 Å². The maximum absolute atomic E-state index is 13.0. The molecule has 20 heavy (non-hydrogen) atoms. The molecule has 104 valence electrons. The minimum Gasteiger partial charge on any atom is -0.307 e. The second kappa shape index (κ2) is 4.86. The van der Waals surface area contributed by atoms with Gasteiger partial charge in [-0.2, -0.15) is 13.2 Å². The van der Waals surface area contributed by atoms with Crippen molar-refractivity contribution in [1.82, 2.24) is 15.3 Å². The Labute approximate surface area is 113 Å². The largest absolute Gasteiger partial charge is 0.433 e. The van der Waals surface area contributed by atoms with Gasteiger partial charge in [0.1, 0.15) is 5.82 Å². The number of benzene rings is 1. The minimum atomic E-state index is -4.44. The van der Waals surface area contributed by atoms with Crippen LogP contribution in [0.5, 0.6) is 0 Å². The minimum absolute atomic E-state index is 0.175. The second-order valence-corrected chi connectivity index (χ2v) is 4.68. The molecule has 1 aliphatic rings. The van der Waals surface area contributed by atoms with E-state index < -0.39 is 11.9 Å². The Kier molecular flexibility index (Phi) is 3.17. The van der Waals surface area contributed by atoms with Crippen LogP contribution in [0.4, 0.5) is 13.2 Å². The van der Waals surface area contributed by atoms with Crippen LogP contribution < -0.4 is 5.32 Å². The molecule has 0 aliphatic carbocycles. The van der Waals surface area contributed by atoms with Crippen LogP contribution in [-0.2, 0) is 25.7 Å². The molecular weight excluding hydrogens is 267 g/mol. The summed E-state index contributed by atoms with van der Waals surface area (Å²) in [5.41, 5.74) is 0.720.